The molecule has 1 aliphatic heterocycles. The lowest BCUT2D eigenvalue weighted by Crippen LogP contribution is -2.43. The minimum Gasteiger partial charge on any atom is -0.384 e. The van der Waals surface area contributed by atoms with Crippen LogP contribution in [-0.4, -0.2) is 34.7 Å². The van der Waals surface area contributed by atoms with Crippen molar-refractivity contribution in [2.75, 3.05) is 12.3 Å². The molecule has 0 bridgehead atoms. The van der Waals surface area contributed by atoms with Crippen molar-refractivity contribution < 1.29 is 18.0 Å². The Morgan fingerprint density at radius 2 is 2.10 bits per heavy atom. The predicted molar refractivity (Wildman–Crippen MR) is 66.8 cm³/mol. The lowest BCUT2D eigenvalue weighted by atomic mass is 9.93. The highest BCUT2D eigenvalue weighted by Crippen LogP contribution is 2.33. The van der Waals surface area contributed by atoms with Gasteiger partial charge in [-0.25, -0.2) is 9.78 Å². The van der Waals surface area contributed by atoms with Crippen LogP contribution >= 0.6 is 0 Å². The Labute approximate surface area is 114 Å². The molecule has 1 atom stereocenters. The van der Waals surface area contributed by atoms with Gasteiger partial charge >= 0.3 is 12.2 Å². The van der Waals surface area contributed by atoms with Gasteiger partial charge in [0.15, 0.2) is 0 Å². The highest BCUT2D eigenvalue weighted by atomic mass is 19.4. The first-order valence-corrected chi connectivity index (χ1v) is 5.99. The van der Waals surface area contributed by atoms with Crippen molar-refractivity contribution in [3.63, 3.8) is 0 Å². The largest absolute Gasteiger partial charge is 0.410 e. The summed E-state index contributed by atoms with van der Waals surface area (Å²) in [5.41, 5.74) is 5.29. The van der Waals surface area contributed by atoms with Crippen LogP contribution in [0.1, 0.15) is 19.4 Å². The molecule has 20 heavy (non-hydrogen) atoms. The molecular weight excluding hydrogens is 273 g/mol. The van der Waals surface area contributed by atoms with Crippen LogP contribution in [0.15, 0.2) is 18.3 Å². The SMILES string of the molecule is CC(C)(c1ccnc(N)c1)N1C[C@@H](C(F)(F)F)NC1=O. The number of nitrogens with zero attached hydrogens (tertiary/aromatic N) is 2. The number of nitrogens with one attached hydrogen (secondary N) is 1. The lowest BCUT2D eigenvalue weighted by molar-refractivity contribution is -0.150. The monoisotopic (exact) mass is 288 g/mol. The highest BCUT2D eigenvalue weighted by Gasteiger charge is 2.50. The van der Waals surface area contributed by atoms with Gasteiger partial charge in [0.25, 0.3) is 0 Å². The van der Waals surface area contributed by atoms with Crippen LogP contribution in [0.25, 0.3) is 0 Å². The summed E-state index contributed by atoms with van der Waals surface area (Å²) in [5.74, 6) is 0.252. The summed E-state index contributed by atoms with van der Waals surface area (Å²) in [6.45, 7) is 2.90. The standard InChI is InChI=1S/C12H15F3N4O/c1-11(2,7-3-4-17-9(16)5-7)19-6-8(12(13,14)15)18-10(19)20/h3-5,8H,6H2,1-2H3,(H2,16,17)(H,18,20)/t8-/m0/s1. The molecule has 0 spiro atoms. The van der Waals surface area contributed by atoms with Gasteiger partial charge in [-0.1, -0.05) is 0 Å². The summed E-state index contributed by atoms with van der Waals surface area (Å²) in [4.78, 5) is 16.8. The Morgan fingerprint density at radius 3 is 2.60 bits per heavy atom. The molecule has 2 heterocycles. The molecule has 8 heteroatoms. The van der Waals surface area contributed by atoms with Gasteiger partial charge in [0, 0.05) is 6.20 Å². The maximum Gasteiger partial charge on any atom is 0.410 e. The first-order valence-electron chi connectivity index (χ1n) is 5.99. The van der Waals surface area contributed by atoms with Gasteiger partial charge in [-0.3, -0.25) is 0 Å². The predicted octanol–water partition coefficient (Wildman–Crippen LogP) is 1.85. The molecule has 0 aliphatic carbocycles. The molecule has 1 fully saturated rings. The van der Waals surface area contributed by atoms with Gasteiger partial charge in [-0.15, -0.1) is 0 Å². The van der Waals surface area contributed by atoms with E-state index in [1.54, 1.807) is 26.0 Å². The fourth-order valence-electron chi connectivity index (χ4n) is 2.19. The molecule has 5 nitrogen and oxygen atoms in total. The molecule has 0 unspecified atom stereocenters. The number of carbonyl (C=O) groups is 1. The fraction of sp³-hybridized carbons (Fsp3) is 0.500. The van der Waals surface area contributed by atoms with Crippen molar-refractivity contribution in [2.24, 2.45) is 0 Å². The number of amides is 2. The van der Waals surface area contributed by atoms with Gasteiger partial charge in [0.2, 0.25) is 0 Å². The van der Waals surface area contributed by atoms with E-state index in [-0.39, 0.29) is 5.82 Å². The first kappa shape index (κ1) is 14.4. The third kappa shape index (κ3) is 2.50. The zero-order chi connectivity index (χ0) is 15.1. The van der Waals surface area contributed by atoms with Gasteiger partial charge in [-0.05, 0) is 31.5 Å². The maximum absolute atomic E-state index is 12.7. The number of hydrogen-bond acceptors (Lipinski definition) is 3. The van der Waals surface area contributed by atoms with E-state index in [0.29, 0.717) is 5.56 Å². The van der Waals surface area contributed by atoms with Gasteiger partial charge in [0.1, 0.15) is 11.9 Å². The molecule has 1 aromatic heterocycles. The summed E-state index contributed by atoms with van der Waals surface area (Å²) in [7, 11) is 0. The molecule has 110 valence electrons. The van der Waals surface area contributed by atoms with E-state index < -0.39 is 30.3 Å². The smallest absolute Gasteiger partial charge is 0.384 e. The normalized spacial score (nSPS) is 20.1. The van der Waals surface area contributed by atoms with Crippen molar-refractivity contribution >= 4 is 11.8 Å². The zero-order valence-electron chi connectivity index (χ0n) is 11.0. The quantitative estimate of drug-likeness (QED) is 0.872. The number of pyridine rings is 1. The Morgan fingerprint density at radius 1 is 1.45 bits per heavy atom. The minimum atomic E-state index is -4.46. The summed E-state index contributed by atoms with van der Waals surface area (Å²) >= 11 is 0. The lowest BCUT2D eigenvalue weighted by Gasteiger charge is -2.35. The second-order valence-electron chi connectivity index (χ2n) is 5.18. The molecule has 0 aromatic carbocycles. The summed E-state index contributed by atoms with van der Waals surface area (Å²) in [6.07, 6.45) is -3.00. The van der Waals surface area contributed by atoms with Crippen LogP contribution in [-0.2, 0) is 5.54 Å². The fourth-order valence-corrected chi connectivity index (χ4v) is 2.19. The number of anilines is 1. The first-order chi connectivity index (χ1) is 9.12. The third-order valence-electron chi connectivity index (χ3n) is 3.47. The highest BCUT2D eigenvalue weighted by molar-refractivity contribution is 5.78. The zero-order valence-corrected chi connectivity index (χ0v) is 11.0. The second kappa shape index (κ2) is 4.53. The number of carbonyl (C=O) groups excluding carboxylic acids is 1. The van der Waals surface area contributed by atoms with E-state index in [0.717, 1.165) is 4.90 Å². The van der Waals surface area contributed by atoms with Gasteiger partial charge in [-0.2, -0.15) is 13.2 Å². The molecule has 2 amide bonds. The number of urea groups is 1. The number of halogens is 3. The Bertz CT molecular complexity index is 530. The number of aromatic nitrogens is 1. The molecule has 1 saturated heterocycles. The van der Waals surface area contributed by atoms with Gasteiger partial charge < -0.3 is 16.0 Å². The van der Waals surface area contributed by atoms with Crippen LogP contribution in [0.3, 0.4) is 0 Å². The Kier molecular flexibility index (Phi) is 3.27. The average molecular weight is 288 g/mol. The van der Waals surface area contributed by atoms with Crippen LogP contribution in [0.2, 0.25) is 0 Å². The van der Waals surface area contributed by atoms with Gasteiger partial charge in [0.05, 0.1) is 12.1 Å². The minimum absolute atomic E-state index is 0.252. The molecule has 0 saturated carbocycles. The number of nitrogen functional groups attached to an aromatic ring is 1. The number of alkyl halides is 3. The van der Waals surface area contributed by atoms with E-state index in [2.05, 4.69) is 4.98 Å². The number of nitrogens with two attached hydrogens (primary N) is 1. The molecule has 2 rings (SSSR count). The maximum atomic E-state index is 12.7. The van der Waals surface area contributed by atoms with Crippen LogP contribution in [0, 0.1) is 0 Å². The van der Waals surface area contributed by atoms with Crippen LogP contribution < -0.4 is 11.1 Å². The summed E-state index contributed by atoms with van der Waals surface area (Å²) in [5, 5.41) is 1.95. The van der Waals surface area contributed by atoms with Crippen molar-refractivity contribution in [1.29, 1.82) is 0 Å². The van der Waals surface area contributed by atoms with Crippen LogP contribution in [0.4, 0.5) is 23.8 Å². The third-order valence-corrected chi connectivity index (χ3v) is 3.47. The molecule has 1 aromatic rings. The summed E-state index contributed by atoms with van der Waals surface area (Å²) in [6, 6.07) is 0.583. The summed E-state index contributed by atoms with van der Waals surface area (Å²) < 4.78 is 38.1. The van der Waals surface area contributed by atoms with Crippen molar-refractivity contribution in [1.82, 2.24) is 15.2 Å². The van der Waals surface area contributed by atoms with Crippen LogP contribution in [0.5, 0.6) is 0 Å². The molecule has 3 N–H and O–H groups in total. The topological polar surface area (TPSA) is 71.2 Å². The Balaban J connectivity index is 2.29. The second-order valence-corrected chi connectivity index (χ2v) is 5.18. The Hall–Kier alpha value is -1.99. The van der Waals surface area contributed by atoms with E-state index in [1.165, 1.54) is 6.20 Å². The van der Waals surface area contributed by atoms with E-state index in [1.807, 2.05) is 5.32 Å². The van der Waals surface area contributed by atoms with E-state index in [9.17, 15) is 18.0 Å². The molecular formula is C12H15F3N4O. The molecule has 0 radical (unpaired) electrons. The number of rotatable bonds is 2. The van der Waals surface area contributed by atoms with Crippen molar-refractivity contribution in [3.8, 4) is 0 Å². The van der Waals surface area contributed by atoms with Crippen molar-refractivity contribution in [2.45, 2.75) is 31.6 Å². The van der Waals surface area contributed by atoms with E-state index in [4.69, 9.17) is 5.73 Å². The molecule has 1 aliphatic rings. The van der Waals surface area contributed by atoms with Crippen molar-refractivity contribution in [3.05, 3.63) is 23.9 Å². The van der Waals surface area contributed by atoms with E-state index >= 15 is 0 Å². The average Bonchev–Trinajstić information content (AvgIpc) is 2.72. The number of hydrogen-bond donors (Lipinski definition) is 2.